The van der Waals surface area contributed by atoms with Crippen molar-refractivity contribution in [1.82, 2.24) is 4.57 Å². The number of ether oxygens (including phenoxy) is 1. The molecule has 0 bridgehead atoms. The van der Waals surface area contributed by atoms with Crippen LogP contribution in [-0.4, -0.2) is 22.9 Å². The van der Waals surface area contributed by atoms with Crippen molar-refractivity contribution in [2.24, 2.45) is 0 Å². The maximum Gasteiger partial charge on any atom is 0.302 e. The summed E-state index contributed by atoms with van der Waals surface area (Å²) in [5.74, 6) is -4.47. The highest BCUT2D eigenvalue weighted by molar-refractivity contribution is 6.11. The minimum Gasteiger partial charge on any atom is -0.466 e. The van der Waals surface area contributed by atoms with Crippen molar-refractivity contribution in [2.75, 3.05) is 12.3 Å². The lowest BCUT2D eigenvalue weighted by Crippen LogP contribution is -2.25. The van der Waals surface area contributed by atoms with Gasteiger partial charge in [0.1, 0.15) is 23.3 Å². The third-order valence-electron chi connectivity index (χ3n) is 4.78. The molecule has 2 N–H and O–H groups in total. The van der Waals surface area contributed by atoms with Crippen LogP contribution in [0.15, 0.2) is 47.3 Å². The van der Waals surface area contributed by atoms with Gasteiger partial charge in [-0.05, 0) is 42.3 Å². The Morgan fingerprint density at radius 3 is 2.31 bits per heavy atom. The Morgan fingerprint density at radius 2 is 1.69 bits per heavy atom. The van der Waals surface area contributed by atoms with Gasteiger partial charge in [0.05, 0.1) is 23.4 Å². The van der Waals surface area contributed by atoms with Crippen molar-refractivity contribution >= 4 is 17.6 Å². The number of carbonyl (C=O) groups excluding carboxylic acids is 2. The molecule has 0 aliphatic rings. The number of aromatic nitrogens is 1. The number of hydrogen-bond acceptors (Lipinski definition) is 5. The molecule has 166 valence electrons. The van der Waals surface area contributed by atoms with Gasteiger partial charge in [-0.3, -0.25) is 19.0 Å². The molecule has 0 atom stereocenters. The van der Waals surface area contributed by atoms with E-state index >= 15 is 0 Å². The highest BCUT2D eigenvalue weighted by Crippen LogP contribution is 2.25. The molecule has 3 rings (SSSR count). The van der Waals surface area contributed by atoms with Gasteiger partial charge in [-0.2, -0.15) is 0 Å². The Hall–Kier alpha value is -3.88. The second-order valence-corrected chi connectivity index (χ2v) is 7.09. The van der Waals surface area contributed by atoms with Crippen LogP contribution in [0.1, 0.15) is 34.0 Å². The van der Waals surface area contributed by atoms with Gasteiger partial charge in [-0.25, -0.2) is 13.2 Å². The van der Waals surface area contributed by atoms with Gasteiger partial charge in [0.15, 0.2) is 5.78 Å². The first-order chi connectivity index (χ1) is 15.1. The predicted molar refractivity (Wildman–Crippen MR) is 111 cm³/mol. The lowest BCUT2D eigenvalue weighted by molar-refractivity contribution is -0.140. The van der Waals surface area contributed by atoms with E-state index in [0.717, 1.165) is 28.8 Å². The predicted octanol–water partition coefficient (Wildman–Crippen LogP) is 3.48. The van der Waals surface area contributed by atoms with Gasteiger partial charge in [0.2, 0.25) is 0 Å². The third kappa shape index (κ3) is 4.56. The molecule has 0 aliphatic carbocycles. The molecule has 9 heteroatoms. The second kappa shape index (κ2) is 9.09. The van der Waals surface area contributed by atoms with E-state index in [-0.39, 0.29) is 30.1 Å². The number of hydrogen-bond donors (Lipinski definition) is 1. The average Bonchev–Trinajstić information content (AvgIpc) is 2.69. The van der Waals surface area contributed by atoms with E-state index in [4.69, 9.17) is 10.5 Å². The van der Waals surface area contributed by atoms with Gasteiger partial charge in [-0.15, -0.1) is 0 Å². The Balaban J connectivity index is 2.07. The normalized spacial score (nSPS) is 10.8. The summed E-state index contributed by atoms with van der Waals surface area (Å²) in [4.78, 5) is 36.2. The molecule has 3 aromatic rings. The van der Waals surface area contributed by atoms with Crippen molar-refractivity contribution in [3.05, 3.63) is 92.5 Å². The number of nitrogens with zero attached hydrogens (tertiary/aromatic N) is 1. The zero-order valence-electron chi connectivity index (χ0n) is 17.2. The molecule has 0 radical (unpaired) electrons. The fourth-order valence-corrected chi connectivity index (χ4v) is 3.34. The van der Waals surface area contributed by atoms with Crippen LogP contribution < -0.4 is 11.3 Å². The second-order valence-electron chi connectivity index (χ2n) is 7.09. The summed E-state index contributed by atoms with van der Waals surface area (Å²) < 4.78 is 47.9. The van der Waals surface area contributed by atoms with Crippen LogP contribution in [0.25, 0.3) is 5.69 Å². The molecule has 0 saturated heterocycles. The standard InChI is InChI=1S/C23H19F3N2O4/c1-12-9-14(7-8-32-13(2)29)10-19(26)21(12)28-20(30)6-5-17(23(28)27)22(31)16-4-3-15(24)11-18(16)25/h3-6,9-11H,7-8,27H2,1-2H3. The van der Waals surface area contributed by atoms with Gasteiger partial charge >= 0.3 is 5.97 Å². The number of rotatable bonds is 6. The highest BCUT2D eigenvalue weighted by Gasteiger charge is 2.22. The van der Waals surface area contributed by atoms with E-state index in [9.17, 15) is 27.6 Å². The molecule has 0 unspecified atom stereocenters. The SMILES string of the molecule is CC(=O)OCCc1cc(C)c(-n2c(N)c(C(=O)c3ccc(F)cc3F)ccc2=O)c(F)c1. The van der Waals surface area contributed by atoms with E-state index in [1.807, 2.05) is 0 Å². The molecule has 1 aromatic heterocycles. The van der Waals surface area contributed by atoms with Crippen LogP contribution in [0.5, 0.6) is 0 Å². The molecular weight excluding hydrogens is 425 g/mol. The minimum absolute atomic E-state index is 0.0584. The molecule has 0 saturated carbocycles. The summed E-state index contributed by atoms with van der Waals surface area (Å²) >= 11 is 0. The number of ketones is 1. The summed E-state index contributed by atoms with van der Waals surface area (Å²) in [5, 5.41) is 0. The molecule has 6 nitrogen and oxygen atoms in total. The summed E-state index contributed by atoms with van der Waals surface area (Å²) in [6.07, 6.45) is 0.254. The Morgan fingerprint density at radius 1 is 1.00 bits per heavy atom. The zero-order chi connectivity index (χ0) is 23.6. The highest BCUT2D eigenvalue weighted by atomic mass is 19.1. The van der Waals surface area contributed by atoms with Crippen LogP contribution in [-0.2, 0) is 16.0 Å². The van der Waals surface area contributed by atoms with E-state index in [1.54, 1.807) is 13.0 Å². The van der Waals surface area contributed by atoms with Crippen molar-refractivity contribution in [3.63, 3.8) is 0 Å². The van der Waals surface area contributed by atoms with Gasteiger partial charge < -0.3 is 10.5 Å². The van der Waals surface area contributed by atoms with Crippen molar-refractivity contribution in [2.45, 2.75) is 20.3 Å². The van der Waals surface area contributed by atoms with E-state index < -0.39 is 40.3 Å². The average molecular weight is 444 g/mol. The Bertz CT molecular complexity index is 1260. The quantitative estimate of drug-likeness (QED) is 0.464. The molecule has 2 aromatic carbocycles. The van der Waals surface area contributed by atoms with E-state index in [0.29, 0.717) is 17.2 Å². The third-order valence-corrected chi connectivity index (χ3v) is 4.78. The minimum atomic E-state index is -1.09. The molecular formula is C23H19F3N2O4. The first-order valence-corrected chi connectivity index (χ1v) is 9.54. The number of nitrogen functional groups attached to an aromatic ring is 1. The Kier molecular flexibility index (Phi) is 6.47. The fourth-order valence-electron chi connectivity index (χ4n) is 3.34. The molecule has 0 spiro atoms. The molecule has 32 heavy (non-hydrogen) atoms. The van der Waals surface area contributed by atoms with Gasteiger partial charge in [0, 0.05) is 25.5 Å². The maximum atomic E-state index is 15.0. The van der Waals surface area contributed by atoms with Crippen molar-refractivity contribution < 1.29 is 27.5 Å². The van der Waals surface area contributed by atoms with E-state index in [1.165, 1.54) is 13.0 Å². The number of benzene rings is 2. The monoisotopic (exact) mass is 444 g/mol. The topological polar surface area (TPSA) is 91.4 Å². The van der Waals surface area contributed by atoms with Gasteiger partial charge in [-0.1, -0.05) is 6.07 Å². The fraction of sp³-hybridized carbons (Fsp3) is 0.174. The summed E-state index contributed by atoms with van der Waals surface area (Å²) in [6.45, 7) is 2.87. The van der Waals surface area contributed by atoms with Crippen molar-refractivity contribution in [1.29, 1.82) is 0 Å². The number of anilines is 1. The smallest absolute Gasteiger partial charge is 0.302 e. The molecule has 0 aliphatic heterocycles. The number of nitrogens with two attached hydrogens (primary N) is 1. The Labute approximate surface area is 181 Å². The lowest BCUT2D eigenvalue weighted by Gasteiger charge is -2.17. The number of aryl methyl sites for hydroxylation is 1. The number of pyridine rings is 1. The van der Waals surface area contributed by atoms with Crippen LogP contribution in [0.2, 0.25) is 0 Å². The maximum absolute atomic E-state index is 15.0. The zero-order valence-corrected chi connectivity index (χ0v) is 17.2. The van der Waals surface area contributed by atoms with Crippen LogP contribution >= 0.6 is 0 Å². The molecule has 0 amide bonds. The largest absolute Gasteiger partial charge is 0.466 e. The number of halogens is 3. The van der Waals surface area contributed by atoms with Crippen LogP contribution in [0.4, 0.5) is 19.0 Å². The number of esters is 1. The number of carbonyl (C=O) groups is 2. The van der Waals surface area contributed by atoms with Crippen molar-refractivity contribution in [3.8, 4) is 5.69 Å². The lowest BCUT2D eigenvalue weighted by atomic mass is 10.0. The first kappa shape index (κ1) is 22.8. The first-order valence-electron chi connectivity index (χ1n) is 9.54. The summed E-state index contributed by atoms with van der Waals surface area (Å²) in [5.41, 5.74) is 5.36. The van der Waals surface area contributed by atoms with Gasteiger partial charge in [0.25, 0.3) is 5.56 Å². The van der Waals surface area contributed by atoms with Crippen LogP contribution in [0, 0.1) is 24.4 Å². The van der Waals surface area contributed by atoms with E-state index in [2.05, 4.69) is 0 Å². The summed E-state index contributed by atoms with van der Waals surface area (Å²) in [7, 11) is 0. The van der Waals surface area contributed by atoms with Crippen LogP contribution in [0.3, 0.4) is 0 Å². The summed E-state index contributed by atoms with van der Waals surface area (Å²) in [6, 6.07) is 7.33. The molecule has 0 fully saturated rings. The molecule has 1 heterocycles.